The van der Waals surface area contributed by atoms with Crippen molar-refractivity contribution in [3.05, 3.63) is 41.1 Å². The second kappa shape index (κ2) is 5.39. The first kappa shape index (κ1) is 12.9. The normalized spacial score (nSPS) is 17.9. The number of carbonyl (C=O) groups is 1. The molecule has 5 nitrogen and oxygen atoms in total. The lowest BCUT2D eigenvalue weighted by Crippen LogP contribution is -2.46. The number of benzene rings is 1. The van der Waals surface area contributed by atoms with Gasteiger partial charge in [-0.25, -0.2) is 4.99 Å². The zero-order chi connectivity index (χ0) is 13.1. The van der Waals surface area contributed by atoms with Crippen LogP contribution in [-0.2, 0) is 0 Å². The zero-order valence-corrected chi connectivity index (χ0v) is 11.0. The summed E-state index contributed by atoms with van der Waals surface area (Å²) in [4.78, 5) is 15.4. The van der Waals surface area contributed by atoms with E-state index in [2.05, 4.69) is 15.8 Å². The van der Waals surface area contributed by atoms with E-state index < -0.39 is 0 Å². The van der Waals surface area contributed by atoms with E-state index in [0.29, 0.717) is 22.2 Å². The van der Waals surface area contributed by atoms with Gasteiger partial charge >= 0.3 is 0 Å². The third-order valence-electron chi connectivity index (χ3n) is 2.20. The molecule has 0 aliphatic carbocycles. The number of carbonyl (C=O) groups excluding carboxylic acids is 1. The van der Waals surface area contributed by atoms with Crippen LogP contribution in [0.1, 0.15) is 17.3 Å². The fourth-order valence-electron chi connectivity index (χ4n) is 1.37. The van der Waals surface area contributed by atoms with Crippen molar-refractivity contribution in [3.63, 3.8) is 0 Å². The average Bonchev–Trinajstić information content (AvgIpc) is 2.28. The SMILES string of the molecule is CC(=O)c1ccc(N=C2C=C(Cl)NN(Cl)N2)cc1. The average molecular weight is 285 g/mol. The Morgan fingerprint density at radius 2 is 1.94 bits per heavy atom. The minimum atomic E-state index is 0.0177. The van der Waals surface area contributed by atoms with E-state index in [1.165, 1.54) is 6.92 Å². The first-order valence-electron chi connectivity index (χ1n) is 5.11. The third kappa shape index (κ3) is 3.22. The van der Waals surface area contributed by atoms with E-state index in [9.17, 15) is 4.79 Å². The van der Waals surface area contributed by atoms with E-state index in [0.717, 1.165) is 4.64 Å². The van der Waals surface area contributed by atoms with Crippen molar-refractivity contribution in [2.45, 2.75) is 6.92 Å². The molecule has 0 bridgehead atoms. The summed E-state index contributed by atoms with van der Waals surface area (Å²) in [6, 6.07) is 6.92. The molecule has 0 aromatic heterocycles. The summed E-state index contributed by atoms with van der Waals surface area (Å²) in [5.41, 5.74) is 6.68. The lowest BCUT2D eigenvalue weighted by atomic mass is 10.1. The molecule has 94 valence electrons. The van der Waals surface area contributed by atoms with Crippen LogP contribution in [0.5, 0.6) is 0 Å². The van der Waals surface area contributed by atoms with E-state index in [4.69, 9.17) is 23.4 Å². The smallest absolute Gasteiger partial charge is 0.159 e. The number of hydrogen-bond donors (Lipinski definition) is 2. The second-order valence-corrected chi connectivity index (χ2v) is 4.34. The van der Waals surface area contributed by atoms with Crippen LogP contribution in [-0.4, -0.2) is 16.3 Å². The molecule has 2 N–H and O–H groups in total. The van der Waals surface area contributed by atoms with Crippen molar-refractivity contribution in [2.75, 3.05) is 0 Å². The van der Waals surface area contributed by atoms with E-state index >= 15 is 0 Å². The Morgan fingerprint density at radius 3 is 2.50 bits per heavy atom. The van der Waals surface area contributed by atoms with Crippen molar-refractivity contribution < 1.29 is 4.79 Å². The van der Waals surface area contributed by atoms with E-state index in [-0.39, 0.29) is 5.78 Å². The number of nitrogens with zero attached hydrogens (tertiary/aromatic N) is 2. The predicted molar refractivity (Wildman–Crippen MR) is 71.4 cm³/mol. The summed E-state index contributed by atoms with van der Waals surface area (Å²) in [7, 11) is 0. The summed E-state index contributed by atoms with van der Waals surface area (Å²) >= 11 is 11.5. The molecule has 1 aliphatic rings. The monoisotopic (exact) mass is 284 g/mol. The molecule has 0 saturated heterocycles. The van der Waals surface area contributed by atoms with Gasteiger partial charge in [-0.15, -0.1) is 0 Å². The van der Waals surface area contributed by atoms with Crippen molar-refractivity contribution >= 4 is 40.7 Å². The molecule has 1 aliphatic heterocycles. The second-order valence-electron chi connectivity index (χ2n) is 3.60. The number of halogens is 2. The molecular formula is C11H10Cl2N4O. The van der Waals surface area contributed by atoms with Gasteiger partial charge in [0.05, 0.1) is 5.69 Å². The van der Waals surface area contributed by atoms with Crippen LogP contribution in [0.3, 0.4) is 0 Å². The number of nitrogens with one attached hydrogen (secondary N) is 2. The van der Waals surface area contributed by atoms with Crippen LogP contribution in [0.15, 0.2) is 40.5 Å². The maximum atomic E-state index is 11.1. The molecule has 0 atom stereocenters. The Balaban J connectivity index is 2.22. The summed E-state index contributed by atoms with van der Waals surface area (Å²) in [5, 5.41) is 0.350. The number of hydrazine groups is 2. The minimum Gasteiger partial charge on any atom is -0.295 e. The van der Waals surface area contributed by atoms with E-state index in [1.807, 2.05) is 0 Å². The maximum Gasteiger partial charge on any atom is 0.159 e. The fraction of sp³-hybridized carbons (Fsp3) is 0.0909. The van der Waals surface area contributed by atoms with Gasteiger partial charge in [-0.05, 0) is 35.8 Å². The third-order valence-corrected chi connectivity index (χ3v) is 2.57. The predicted octanol–water partition coefficient (Wildman–Crippen LogP) is 2.48. The molecular weight excluding hydrogens is 275 g/mol. The lowest BCUT2D eigenvalue weighted by molar-refractivity contribution is 0.101. The molecule has 1 aromatic carbocycles. The summed E-state index contributed by atoms with van der Waals surface area (Å²) in [6.45, 7) is 1.52. The number of rotatable bonds is 2. The molecule has 0 amide bonds. The minimum absolute atomic E-state index is 0.0177. The van der Waals surface area contributed by atoms with Gasteiger partial charge in [0, 0.05) is 23.4 Å². The van der Waals surface area contributed by atoms with Crippen LogP contribution >= 0.6 is 23.4 Å². The van der Waals surface area contributed by atoms with Crippen molar-refractivity contribution in [2.24, 2.45) is 4.99 Å². The standard InChI is InChI=1S/C11H10Cl2N4O/c1-7(18)8-2-4-9(5-3-8)14-11-6-10(12)15-17(13)16-11/h2-6,15H,1H3,(H,14,16). The fourth-order valence-corrected chi connectivity index (χ4v) is 1.78. The summed E-state index contributed by atoms with van der Waals surface area (Å²) < 4.78 is 1.07. The Morgan fingerprint density at radius 1 is 1.28 bits per heavy atom. The molecule has 0 saturated carbocycles. The molecule has 1 heterocycles. The van der Waals surface area contributed by atoms with Gasteiger partial charge in [-0.3, -0.25) is 15.6 Å². The highest BCUT2D eigenvalue weighted by Gasteiger charge is 2.11. The van der Waals surface area contributed by atoms with E-state index in [1.54, 1.807) is 30.3 Å². The largest absolute Gasteiger partial charge is 0.295 e. The quantitative estimate of drug-likeness (QED) is 0.498. The van der Waals surface area contributed by atoms with Gasteiger partial charge < -0.3 is 0 Å². The Labute approximate surface area is 114 Å². The molecule has 1 aromatic rings. The first-order chi connectivity index (χ1) is 8.54. The lowest BCUT2D eigenvalue weighted by Gasteiger charge is -2.21. The number of Topliss-reactive ketones (excluding diaryl/α,β-unsaturated/α-hetero) is 1. The van der Waals surface area contributed by atoms with Crippen LogP contribution in [0.25, 0.3) is 0 Å². The molecule has 18 heavy (non-hydrogen) atoms. The Bertz CT molecular complexity index is 524. The van der Waals surface area contributed by atoms with Gasteiger partial charge in [0.15, 0.2) is 5.78 Å². The van der Waals surface area contributed by atoms with Gasteiger partial charge in [0.1, 0.15) is 11.0 Å². The highest BCUT2D eigenvalue weighted by atomic mass is 35.5. The zero-order valence-electron chi connectivity index (χ0n) is 9.45. The van der Waals surface area contributed by atoms with Crippen molar-refractivity contribution in [1.82, 2.24) is 15.5 Å². The van der Waals surface area contributed by atoms with Crippen molar-refractivity contribution in [1.29, 1.82) is 0 Å². The molecule has 7 heteroatoms. The molecule has 0 fully saturated rings. The molecule has 0 spiro atoms. The first-order valence-corrected chi connectivity index (χ1v) is 5.82. The van der Waals surface area contributed by atoms with Gasteiger partial charge in [0.2, 0.25) is 0 Å². The van der Waals surface area contributed by atoms with Crippen molar-refractivity contribution in [3.8, 4) is 0 Å². The molecule has 0 radical (unpaired) electrons. The van der Waals surface area contributed by atoms with Crippen LogP contribution in [0.4, 0.5) is 5.69 Å². The Kier molecular flexibility index (Phi) is 3.86. The van der Waals surface area contributed by atoms with Gasteiger partial charge in [-0.2, -0.15) is 0 Å². The number of amidine groups is 1. The van der Waals surface area contributed by atoms with Gasteiger partial charge in [0.25, 0.3) is 0 Å². The molecule has 0 unspecified atom stereocenters. The number of ketones is 1. The van der Waals surface area contributed by atoms with Gasteiger partial charge in [-0.1, -0.05) is 11.6 Å². The van der Waals surface area contributed by atoms with Crippen LogP contribution < -0.4 is 10.9 Å². The molecule has 2 rings (SSSR count). The highest BCUT2D eigenvalue weighted by Crippen LogP contribution is 2.15. The van der Waals surface area contributed by atoms with Crippen LogP contribution in [0, 0.1) is 0 Å². The maximum absolute atomic E-state index is 11.1. The summed E-state index contributed by atoms with van der Waals surface area (Å²) in [5.74, 6) is 0.508. The number of aliphatic imine (C=N–C) groups is 1. The highest BCUT2D eigenvalue weighted by molar-refractivity contribution is 6.31. The van der Waals surface area contributed by atoms with Crippen LogP contribution in [0.2, 0.25) is 0 Å². The summed E-state index contributed by atoms with van der Waals surface area (Å²) in [6.07, 6.45) is 1.60. The number of hydrogen-bond acceptors (Lipinski definition) is 4. The Hall–Kier alpha value is -1.56. The topological polar surface area (TPSA) is 56.7 Å².